The molecule has 2 aromatic carbocycles. The quantitative estimate of drug-likeness (QED) is 0.788. The summed E-state index contributed by atoms with van der Waals surface area (Å²) < 4.78 is 30.7. The van der Waals surface area contributed by atoms with Crippen LogP contribution in [0, 0.1) is 5.82 Å². The van der Waals surface area contributed by atoms with Gasteiger partial charge in [0, 0.05) is 30.0 Å². The standard InChI is InChI=1S/C24H24FNO5/c1-29-20-10-14(11-21(30-2)24(20)31-3)13-8-18-23(19(27)9-13)16(12-22(28)26-18)15-6-4-5-7-17(15)25/h4-7,10-11,13,16H,8-9,12H2,1-3H3,(H,26,28)/t13-,16-/m0/s1. The van der Waals surface area contributed by atoms with Gasteiger partial charge in [-0.15, -0.1) is 0 Å². The van der Waals surface area contributed by atoms with Crippen LogP contribution in [0.2, 0.25) is 0 Å². The molecule has 162 valence electrons. The zero-order valence-corrected chi connectivity index (χ0v) is 17.7. The Morgan fingerprint density at radius 2 is 1.61 bits per heavy atom. The van der Waals surface area contributed by atoms with Gasteiger partial charge in [-0.25, -0.2) is 4.39 Å². The van der Waals surface area contributed by atoms with Crippen molar-refractivity contribution in [3.63, 3.8) is 0 Å². The first-order valence-electron chi connectivity index (χ1n) is 10.1. The molecule has 0 aromatic heterocycles. The molecule has 0 spiro atoms. The highest BCUT2D eigenvalue weighted by atomic mass is 19.1. The van der Waals surface area contributed by atoms with Gasteiger partial charge in [-0.1, -0.05) is 18.2 Å². The number of nitrogens with one attached hydrogen (secondary N) is 1. The number of ether oxygens (including phenoxy) is 3. The monoisotopic (exact) mass is 425 g/mol. The molecule has 0 unspecified atom stereocenters. The second-order valence-electron chi connectivity index (χ2n) is 7.71. The molecular formula is C24H24FNO5. The van der Waals surface area contributed by atoms with Crippen molar-refractivity contribution in [2.45, 2.75) is 31.1 Å². The fourth-order valence-electron chi connectivity index (χ4n) is 4.56. The van der Waals surface area contributed by atoms with Crippen LogP contribution in [0.25, 0.3) is 0 Å². The molecule has 1 amide bonds. The van der Waals surface area contributed by atoms with Crippen LogP contribution in [-0.4, -0.2) is 33.0 Å². The Morgan fingerprint density at radius 1 is 0.935 bits per heavy atom. The second kappa shape index (κ2) is 8.41. The summed E-state index contributed by atoms with van der Waals surface area (Å²) in [6.45, 7) is 0. The normalized spacial score (nSPS) is 20.8. The predicted molar refractivity (Wildman–Crippen MR) is 112 cm³/mol. The molecule has 0 fully saturated rings. The number of halogens is 1. The minimum atomic E-state index is -0.571. The van der Waals surface area contributed by atoms with Gasteiger partial charge in [0.05, 0.1) is 21.3 Å². The summed E-state index contributed by atoms with van der Waals surface area (Å²) in [6, 6.07) is 9.96. The van der Waals surface area contributed by atoms with Crippen molar-refractivity contribution in [3.8, 4) is 17.2 Å². The van der Waals surface area contributed by atoms with Gasteiger partial charge in [-0.2, -0.15) is 0 Å². The van der Waals surface area contributed by atoms with E-state index in [4.69, 9.17) is 14.2 Å². The molecule has 1 heterocycles. The summed E-state index contributed by atoms with van der Waals surface area (Å²) in [5.41, 5.74) is 2.30. The number of Topliss-reactive ketones (excluding diaryl/α,β-unsaturated/α-hetero) is 1. The molecule has 4 rings (SSSR count). The Kier molecular flexibility index (Phi) is 5.67. The van der Waals surface area contributed by atoms with Crippen molar-refractivity contribution >= 4 is 11.7 Å². The number of methoxy groups -OCH3 is 3. The van der Waals surface area contributed by atoms with Crippen LogP contribution in [0.3, 0.4) is 0 Å². The summed E-state index contributed by atoms with van der Waals surface area (Å²) in [4.78, 5) is 25.6. The van der Waals surface area contributed by atoms with E-state index in [9.17, 15) is 14.0 Å². The molecule has 0 radical (unpaired) electrons. The van der Waals surface area contributed by atoms with E-state index in [1.54, 1.807) is 18.2 Å². The highest BCUT2D eigenvalue weighted by Crippen LogP contribution is 2.46. The SMILES string of the molecule is COc1cc([C@@H]2CC(=O)C3=C(C2)NC(=O)C[C@H]3c2ccccc2F)cc(OC)c1OC. The maximum absolute atomic E-state index is 14.5. The van der Waals surface area contributed by atoms with Crippen molar-refractivity contribution in [1.29, 1.82) is 0 Å². The Hall–Kier alpha value is -3.35. The predicted octanol–water partition coefficient (Wildman–Crippen LogP) is 3.86. The zero-order valence-electron chi connectivity index (χ0n) is 17.7. The third-order valence-corrected chi connectivity index (χ3v) is 5.98. The number of carbonyl (C=O) groups is 2. The average Bonchev–Trinajstić information content (AvgIpc) is 2.77. The molecule has 31 heavy (non-hydrogen) atoms. The summed E-state index contributed by atoms with van der Waals surface area (Å²) in [5.74, 6) is 0.00789. The van der Waals surface area contributed by atoms with Crippen molar-refractivity contribution in [2.24, 2.45) is 0 Å². The third-order valence-electron chi connectivity index (χ3n) is 5.98. The molecule has 2 aliphatic rings. The average molecular weight is 425 g/mol. The molecule has 2 aromatic rings. The Balaban J connectivity index is 1.74. The number of benzene rings is 2. The van der Waals surface area contributed by atoms with Crippen LogP contribution in [0.5, 0.6) is 17.2 Å². The third kappa shape index (κ3) is 3.76. The maximum Gasteiger partial charge on any atom is 0.225 e. The highest BCUT2D eigenvalue weighted by Gasteiger charge is 2.39. The van der Waals surface area contributed by atoms with Crippen LogP contribution in [0.15, 0.2) is 47.7 Å². The van der Waals surface area contributed by atoms with E-state index in [-0.39, 0.29) is 30.4 Å². The fourth-order valence-corrected chi connectivity index (χ4v) is 4.56. The van der Waals surface area contributed by atoms with Gasteiger partial charge in [0.2, 0.25) is 11.7 Å². The molecule has 1 aliphatic carbocycles. The van der Waals surface area contributed by atoms with Crippen LogP contribution in [0.4, 0.5) is 4.39 Å². The van der Waals surface area contributed by atoms with E-state index in [1.165, 1.54) is 27.4 Å². The number of allylic oxidation sites excluding steroid dienone is 2. The number of amides is 1. The summed E-state index contributed by atoms with van der Waals surface area (Å²) >= 11 is 0. The van der Waals surface area contributed by atoms with Crippen molar-refractivity contribution in [3.05, 3.63) is 64.6 Å². The first-order chi connectivity index (χ1) is 15.0. The van der Waals surface area contributed by atoms with Crippen LogP contribution in [0.1, 0.15) is 42.2 Å². The molecule has 0 saturated heterocycles. The maximum atomic E-state index is 14.5. The Bertz CT molecular complexity index is 1050. The lowest BCUT2D eigenvalue weighted by molar-refractivity contribution is -0.122. The van der Waals surface area contributed by atoms with Gasteiger partial charge in [0.25, 0.3) is 0 Å². The second-order valence-corrected chi connectivity index (χ2v) is 7.71. The van der Waals surface area contributed by atoms with Crippen molar-refractivity contribution < 1.29 is 28.2 Å². The molecule has 7 heteroatoms. The summed E-state index contributed by atoms with van der Waals surface area (Å²) in [5, 5.41) is 2.86. The number of hydrogen-bond donors (Lipinski definition) is 1. The lowest BCUT2D eigenvalue weighted by Crippen LogP contribution is -2.38. The summed E-state index contributed by atoms with van der Waals surface area (Å²) in [7, 11) is 4.60. The van der Waals surface area contributed by atoms with Gasteiger partial charge < -0.3 is 19.5 Å². The number of carbonyl (C=O) groups excluding carboxylic acids is 2. The molecule has 1 aliphatic heterocycles. The van der Waals surface area contributed by atoms with E-state index in [0.29, 0.717) is 40.5 Å². The van der Waals surface area contributed by atoms with Crippen molar-refractivity contribution in [2.75, 3.05) is 21.3 Å². The van der Waals surface area contributed by atoms with E-state index in [2.05, 4.69) is 5.32 Å². The van der Waals surface area contributed by atoms with E-state index in [1.807, 2.05) is 12.1 Å². The minimum absolute atomic E-state index is 0.0559. The molecule has 0 bridgehead atoms. The molecule has 1 N–H and O–H groups in total. The lowest BCUT2D eigenvalue weighted by atomic mass is 9.73. The Morgan fingerprint density at radius 3 is 2.23 bits per heavy atom. The minimum Gasteiger partial charge on any atom is -0.493 e. The van der Waals surface area contributed by atoms with Gasteiger partial charge in [-0.05, 0) is 41.7 Å². The van der Waals surface area contributed by atoms with E-state index < -0.39 is 11.7 Å². The van der Waals surface area contributed by atoms with Crippen LogP contribution in [-0.2, 0) is 9.59 Å². The smallest absolute Gasteiger partial charge is 0.225 e. The number of hydrogen-bond acceptors (Lipinski definition) is 5. The van der Waals surface area contributed by atoms with Crippen molar-refractivity contribution in [1.82, 2.24) is 5.32 Å². The molecule has 6 nitrogen and oxygen atoms in total. The van der Waals surface area contributed by atoms with Gasteiger partial charge in [0.1, 0.15) is 5.82 Å². The van der Waals surface area contributed by atoms with E-state index in [0.717, 1.165) is 5.56 Å². The first kappa shape index (κ1) is 20.9. The lowest BCUT2D eigenvalue weighted by Gasteiger charge is -2.34. The fraction of sp³-hybridized carbons (Fsp3) is 0.333. The van der Waals surface area contributed by atoms with Gasteiger partial charge >= 0.3 is 0 Å². The largest absolute Gasteiger partial charge is 0.493 e. The topological polar surface area (TPSA) is 73.9 Å². The van der Waals surface area contributed by atoms with Crippen LogP contribution >= 0.6 is 0 Å². The first-order valence-corrected chi connectivity index (χ1v) is 10.1. The van der Waals surface area contributed by atoms with Gasteiger partial charge in [0.15, 0.2) is 17.3 Å². The Labute approximate surface area is 180 Å². The summed E-state index contributed by atoms with van der Waals surface area (Å²) in [6.07, 6.45) is 0.759. The zero-order chi connectivity index (χ0) is 22.1. The van der Waals surface area contributed by atoms with Crippen LogP contribution < -0.4 is 19.5 Å². The van der Waals surface area contributed by atoms with E-state index >= 15 is 0 Å². The highest BCUT2D eigenvalue weighted by molar-refractivity contribution is 6.02. The molecule has 0 saturated carbocycles. The van der Waals surface area contributed by atoms with Gasteiger partial charge in [-0.3, -0.25) is 9.59 Å². The molecule has 2 atom stereocenters. The molecular weight excluding hydrogens is 401 g/mol. The number of rotatable bonds is 5. The number of ketones is 1.